The molecule has 0 atom stereocenters. The summed E-state index contributed by atoms with van der Waals surface area (Å²) in [5, 5.41) is 15.1. The van der Waals surface area contributed by atoms with Gasteiger partial charge in [-0.1, -0.05) is 30.3 Å². The number of anilines is 1. The Labute approximate surface area is 121 Å². The van der Waals surface area contributed by atoms with Crippen LogP contribution in [0.5, 0.6) is 5.75 Å². The van der Waals surface area contributed by atoms with E-state index in [1.165, 1.54) is 18.2 Å². The average molecular weight is 288 g/mol. The van der Waals surface area contributed by atoms with Gasteiger partial charge in [0.25, 0.3) is 0 Å². The van der Waals surface area contributed by atoms with Crippen LogP contribution >= 0.6 is 12.2 Å². The van der Waals surface area contributed by atoms with Gasteiger partial charge in [0.15, 0.2) is 16.7 Å². The molecule has 2 aromatic carbocycles. The Morgan fingerprint density at radius 1 is 1.15 bits per heavy atom. The second-order valence-corrected chi connectivity index (χ2v) is 4.42. The van der Waals surface area contributed by atoms with Crippen LogP contribution in [-0.2, 0) is 0 Å². The van der Waals surface area contributed by atoms with Gasteiger partial charge in [-0.15, -0.1) is 0 Å². The number of phenolic OH excluding ortho intramolecular Hbond substituents is 1. The standard InChI is InChI=1S/C15H13FN2OS/c16-13-10-12(6-7-14(13)19)18-15(20)17-9-8-11-4-2-1-3-5-11/h1-10,19H,(H2,17,18,20). The smallest absolute Gasteiger partial charge is 0.174 e. The second kappa shape index (κ2) is 6.68. The summed E-state index contributed by atoms with van der Waals surface area (Å²) in [6.45, 7) is 0. The van der Waals surface area contributed by atoms with Crippen LogP contribution < -0.4 is 10.6 Å². The van der Waals surface area contributed by atoms with E-state index in [2.05, 4.69) is 10.6 Å². The first-order chi connectivity index (χ1) is 9.65. The summed E-state index contributed by atoms with van der Waals surface area (Å²) in [5.74, 6) is -1.09. The lowest BCUT2D eigenvalue weighted by molar-refractivity contribution is 0.432. The molecule has 102 valence electrons. The zero-order valence-corrected chi connectivity index (χ0v) is 11.3. The van der Waals surface area contributed by atoms with Crippen molar-refractivity contribution in [3.8, 4) is 5.75 Å². The van der Waals surface area contributed by atoms with Crippen LogP contribution in [0, 0.1) is 5.82 Å². The Hall–Kier alpha value is -2.40. The molecular formula is C15H13FN2OS. The number of thiocarbonyl (C=S) groups is 1. The van der Waals surface area contributed by atoms with Crippen molar-refractivity contribution >= 4 is 29.1 Å². The van der Waals surface area contributed by atoms with Crippen LogP contribution in [-0.4, -0.2) is 10.2 Å². The summed E-state index contributed by atoms with van der Waals surface area (Å²) in [7, 11) is 0. The average Bonchev–Trinajstić information content (AvgIpc) is 2.44. The molecule has 2 rings (SSSR count). The van der Waals surface area contributed by atoms with Crippen molar-refractivity contribution < 1.29 is 9.50 Å². The molecule has 0 aliphatic carbocycles. The van der Waals surface area contributed by atoms with Gasteiger partial charge in [-0.3, -0.25) is 0 Å². The van der Waals surface area contributed by atoms with Gasteiger partial charge in [0.1, 0.15) is 0 Å². The third-order valence-corrected chi connectivity index (χ3v) is 2.72. The van der Waals surface area contributed by atoms with E-state index in [-0.39, 0.29) is 0 Å². The quantitative estimate of drug-likeness (QED) is 0.597. The Bertz CT molecular complexity index is 629. The first-order valence-corrected chi connectivity index (χ1v) is 6.33. The Morgan fingerprint density at radius 2 is 1.90 bits per heavy atom. The minimum Gasteiger partial charge on any atom is -0.505 e. The van der Waals surface area contributed by atoms with E-state index in [0.717, 1.165) is 5.56 Å². The van der Waals surface area contributed by atoms with E-state index in [0.29, 0.717) is 10.8 Å². The number of aromatic hydroxyl groups is 1. The first kappa shape index (κ1) is 14.0. The number of rotatable bonds is 3. The van der Waals surface area contributed by atoms with Gasteiger partial charge in [0.2, 0.25) is 0 Å². The molecule has 0 heterocycles. The van der Waals surface area contributed by atoms with E-state index in [1.807, 2.05) is 36.4 Å². The van der Waals surface area contributed by atoms with Gasteiger partial charge in [0.05, 0.1) is 0 Å². The Kier molecular flexibility index (Phi) is 4.68. The van der Waals surface area contributed by atoms with Gasteiger partial charge in [-0.25, -0.2) is 4.39 Å². The lowest BCUT2D eigenvalue weighted by Crippen LogP contribution is -2.23. The third-order valence-electron chi connectivity index (χ3n) is 2.50. The van der Waals surface area contributed by atoms with E-state index in [9.17, 15) is 4.39 Å². The molecule has 5 heteroatoms. The minimum atomic E-state index is -0.697. The molecule has 0 bridgehead atoms. The maximum Gasteiger partial charge on any atom is 0.174 e. The van der Waals surface area contributed by atoms with Crippen LogP contribution in [0.1, 0.15) is 5.56 Å². The predicted octanol–water partition coefficient (Wildman–Crippen LogP) is 3.49. The topological polar surface area (TPSA) is 44.3 Å². The number of nitrogens with one attached hydrogen (secondary N) is 2. The zero-order chi connectivity index (χ0) is 14.4. The summed E-state index contributed by atoms with van der Waals surface area (Å²) in [6, 6.07) is 13.7. The molecule has 0 amide bonds. The maximum atomic E-state index is 13.1. The van der Waals surface area contributed by atoms with Crippen molar-refractivity contribution in [1.29, 1.82) is 0 Å². The largest absolute Gasteiger partial charge is 0.505 e. The van der Waals surface area contributed by atoms with E-state index in [1.54, 1.807) is 6.20 Å². The molecule has 3 nitrogen and oxygen atoms in total. The number of halogens is 1. The van der Waals surface area contributed by atoms with Crippen LogP contribution in [0.4, 0.5) is 10.1 Å². The fraction of sp³-hybridized carbons (Fsp3) is 0. The zero-order valence-electron chi connectivity index (χ0n) is 10.5. The second-order valence-electron chi connectivity index (χ2n) is 4.01. The van der Waals surface area contributed by atoms with Gasteiger partial charge < -0.3 is 15.7 Å². The van der Waals surface area contributed by atoms with Crippen molar-refractivity contribution in [3.05, 3.63) is 66.1 Å². The maximum absolute atomic E-state index is 13.1. The van der Waals surface area contributed by atoms with Crippen molar-refractivity contribution in [3.63, 3.8) is 0 Å². The molecule has 20 heavy (non-hydrogen) atoms. The summed E-state index contributed by atoms with van der Waals surface area (Å²) in [4.78, 5) is 0. The normalized spacial score (nSPS) is 10.4. The van der Waals surface area contributed by atoms with E-state index < -0.39 is 11.6 Å². The highest BCUT2D eigenvalue weighted by atomic mass is 32.1. The molecule has 0 aliphatic heterocycles. The molecular weight excluding hydrogens is 275 g/mol. The molecule has 3 N–H and O–H groups in total. The molecule has 0 aliphatic rings. The monoisotopic (exact) mass is 288 g/mol. The number of hydrogen-bond acceptors (Lipinski definition) is 2. The number of hydrogen-bond donors (Lipinski definition) is 3. The SMILES string of the molecule is Oc1ccc(NC(=S)NC=Cc2ccccc2)cc1F. The van der Waals surface area contributed by atoms with Crippen molar-refractivity contribution in [2.24, 2.45) is 0 Å². The molecule has 0 spiro atoms. The molecule has 0 fully saturated rings. The Morgan fingerprint density at radius 3 is 2.60 bits per heavy atom. The summed E-state index contributed by atoms with van der Waals surface area (Å²) in [6.07, 6.45) is 3.56. The molecule has 0 saturated heterocycles. The summed E-state index contributed by atoms with van der Waals surface area (Å²) >= 11 is 5.07. The highest BCUT2D eigenvalue weighted by molar-refractivity contribution is 7.80. The summed E-state index contributed by atoms with van der Waals surface area (Å²) < 4.78 is 13.1. The fourth-order valence-corrected chi connectivity index (χ4v) is 1.72. The third kappa shape index (κ3) is 4.07. The van der Waals surface area contributed by atoms with E-state index in [4.69, 9.17) is 17.3 Å². The number of benzene rings is 2. The van der Waals surface area contributed by atoms with Gasteiger partial charge in [0, 0.05) is 18.0 Å². The fourth-order valence-electron chi connectivity index (χ4n) is 1.53. The van der Waals surface area contributed by atoms with E-state index >= 15 is 0 Å². The van der Waals surface area contributed by atoms with Gasteiger partial charge in [-0.2, -0.15) is 0 Å². The van der Waals surface area contributed by atoms with Crippen LogP contribution in [0.15, 0.2) is 54.7 Å². The van der Waals surface area contributed by atoms with Crippen LogP contribution in [0.25, 0.3) is 6.08 Å². The molecule has 0 aromatic heterocycles. The summed E-state index contributed by atoms with van der Waals surface area (Å²) in [5.41, 5.74) is 1.50. The number of phenols is 1. The predicted molar refractivity (Wildman–Crippen MR) is 82.9 cm³/mol. The van der Waals surface area contributed by atoms with Crippen molar-refractivity contribution in [2.75, 3.05) is 5.32 Å². The Balaban J connectivity index is 1.89. The lowest BCUT2D eigenvalue weighted by Gasteiger charge is -2.07. The molecule has 0 radical (unpaired) electrons. The molecule has 2 aromatic rings. The molecule has 0 unspecified atom stereocenters. The van der Waals surface area contributed by atoms with Gasteiger partial charge >= 0.3 is 0 Å². The van der Waals surface area contributed by atoms with Gasteiger partial charge in [-0.05, 0) is 36.0 Å². The molecule has 0 saturated carbocycles. The lowest BCUT2D eigenvalue weighted by atomic mass is 10.2. The minimum absolute atomic E-state index is 0.335. The first-order valence-electron chi connectivity index (χ1n) is 5.93. The van der Waals surface area contributed by atoms with Crippen LogP contribution in [0.2, 0.25) is 0 Å². The highest BCUT2D eigenvalue weighted by Crippen LogP contribution is 2.19. The van der Waals surface area contributed by atoms with Crippen molar-refractivity contribution in [1.82, 2.24) is 5.32 Å². The van der Waals surface area contributed by atoms with Crippen LogP contribution in [0.3, 0.4) is 0 Å². The van der Waals surface area contributed by atoms with Crippen molar-refractivity contribution in [2.45, 2.75) is 0 Å². The highest BCUT2D eigenvalue weighted by Gasteiger charge is 2.02.